The number of carbonyl (C=O) groups excluding carboxylic acids is 1. The van der Waals surface area contributed by atoms with Crippen LogP contribution in [-0.4, -0.2) is 12.5 Å². The fourth-order valence-corrected chi connectivity index (χ4v) is 3.23. The van der Waals surface area contributed by atoms with Crippen LogP contribution in [0.2, 0.25) is 0 Å². The number of nitrogens with two attached hydrogens (primary N) is 1. The molecule has 2 N–H and O–H groups in total. The Balaban J connectivity index is 1.74. The van der Waals surface area contributed by atoms with E-state index in [0.29, 0.717) is 12.3 Å². The summed E-state index contributed by atoms with van der Waals surface area (Å²) < 4.78 is 0. The lowest BCUT2D eigenvalue weighted by Crippen LogP contribution is -2.30. The fourth-order valence-electron chi connectivity index (χ4n) is 3.23. The van der Waals surface area contributed by atoms with Gasteiger partial charge in [-0.05, 0) is 42.9 Å². The van der Waals surface area contributed by atoms with Crippen molar-refractivity contribution >= 4 is 17.3 Å². The second-order valence-electron chi connectivity index (χ2n) is 5.54. The molecule has 0 aromatic heterocycles. The molecule has 1 heterocycles. The number of benzene rings is 1. The SMILES string of the molecule is Nc1ccc2c(c1)N(C(=O)CC1CCCC1)CC2. The molecule has 1 aromatic rings. The van der Waals surface area contributed by atoms with Crippen molar-refractivity contribution in [1.29, 1.82) is 0 Å². The zero-order valence-corrected chi connectivity index (χ0v) is 10.7. The number of amides is 1. The largest absolute Gasteiger partial charge is 0.399 e. The van der Waals surface area contributed by atoms with Gasteiger partial charge >= 0.3 is 0 Å². The van der Waals surface area contributed by atoms with Gasteiger partial charge in [0, 0.05) is 24.3 Å². The molecule has 18 heavy (non-hydrogen) atoms. The molecule has 0 saturated heterocycles. The molecule has 1 amide bonds. The first kappa shape index (κ1) is 11.6. The van der Waals surface area contributed by atoms with E-state index in [2.05, 4.69) is 0 Å². The Kier molecular flexibility index (Phi) is 2.98. The summed E-state index contributed by atoms with van der Waals surface area (Å²) in [6.45, 7) is 0.824. The van der Waals surface area contributed by atoms with E-state index in [1.165, 1.54) is 31.2 Å². The van der Waals surface area contributed by atoms with Crippen molar-refractivity contribution in [3.05, 3.63) is 23.8 Å². The first-order valence-corrected chi connectivity index (χ1v) is 6.93. The molecule has 2 aliphatic rings. The number of hydrogen-bond donors (Lipinski definition) is 1. The third-order valence-electron chi connectivity index (χ3n) is 4.24. The normalized spacial score (nSPS) is 19.2. The van der Waals surface area contributed by atoms with Crippen LogP contribution in [0.5, 0.6) is 0 Å². The molecule has 3 heteroatoms. The van der Waals surface area contributed by atoms with Crippen LogP contribution in [0.1, 0.15) is 37.7 Å². The minimum Gasteiger partial charge on any atom is -0.399 e. The molecular formula is C15H20N2O. The van der Waals surface area contributed by atoms with E-state index in [-0.39, 0.29) is 5.91 Å². The van der Waals surface area contributed by atoms with Crippen molar-refractivity contribution in [2.75, 3.05) is 17.2 Å². The lowest BCUT2D eigenvalue weighted by atomic mass is 10.0. The maximum Gasteiger partial charge on any atom is 0.227 e. The standard InChI is InChI=1S/C15H20N2O/c16-13-6-5-12-7-8-17(14(12)10-13)15(18)9-11-3-1-2-4-11/h5-6,10-11H,1-4,7-9,16H2. The number of hydrogen-bond acceptors (Lipinski definition) is 2. The van der Waals surface area contributed by atoms with Gasteiger partial charge in [0.15, 0.2) is 0 Å². The monoisotopic (exact) mass is 244 g/mol. The average Bonchev–Trinajstić information content (AvgIpc) is 2.97. The van der Waals surface area contributed by atoms with Gasteiger partial charge in [-0.3, -0.25) is 4.79 Å². The van der Waals surface area contributed by atoms with E-state index in [1.54, 1.807) is 0 Å². The van der Waals surface area contributed by atoms with Crippen molar-refractivity contribution in [2.45, 2.75) is 38.5 Å². The second-order valence-corrected chi connectivity index (χ2v) is 5.54. The van der Waals surface area contributed by atoms with Gasteiger partial charge in [0.2, 0.25) is 5.91 Å². The van der Waals surface area contributed by atoms with Gasteiger partial charge in [-0.15, -0.1) is 0 Å². The third kappa shape index (κ3) is 2.09. The van der Waals surface area contributed by atoms with Crippen LogP contribution in [0.4, 0.5) is 11.4 Å². The lowest BCUT2D eigenvalue weighted by Gasteiger charge is -2.19. The van der Waals surface area contributed by atoms with E-state index in [1.807, 2.05) is 23.1 Å². The van der Waals surface area contributed by atoms with E-state index >= 15 is 0 Å². The van der Waals surface area contributed by atoms with Crippen molar-refractivity contribution < 1.29 is 4.79 Å². The Labute approximate surface area is 108 Å². The van der Waals surface area contributed by atoms with Gasteiger partial charge in [0.1, 0.15) is 0 Å². The number of nitrogen functional groups attached to an aromatic ring is 1. The molecular weight excluding hydrogens is 224 g/mol. The molecule has 0 spiro atoms. The predicted octanol–water partition coefficient (Wildman–Crippen LogP) is 2.74. The Bertz CT molecular complexity index is 464. The highest BCUT2D eigenvalue weighted by Gasteiger charge is 2.27. The molecule has 0 radical (unpaired) electrons. The van der Waals surface area contributed by atoms with Crippen LogP contribution < -0.4 is 10.6 Å². The van der Waals surface area contributed by atoms with Crippen LogP contribution in [0.25, 0.3) is 0 Å². The highest BCUT2D eigenvalue weighted by molar-refractivity contribution is 5.96. The molecule has 0 atom stereocenters. The van der Waals surface area contributed by atoms with Crippen LogP contribution in [-0.2, 0) is 11.2 Å². The van der Waals surface area contributed by atoms with E-state index in [4.69, 9.17) is 5.73 Å². The van der Waals surface area contributed by atoms with Crippen molar-refractivity contribution in [2.24, 2.45) is 5.92 Å². The summed E-state index contributed by atoms with van der Waals surface area (Å²) in [5.74, 6) is 0.897. The minimum atomic E-state index is 0.284. The summed E-state index contributed by atoms with van der Waals surface area (Å²) in [6.07, 6.45) is 6.72. The van der Waals surface area contributed by atoms with Crippen LogP contribution in [0.3, 0.4) is 0 Å². The summed E-state index contributed by atoms with van der Waals surface area (Å²) in [4.78, 5) is 14.3. The highest BCUT2D eigenvalue weighted by Crippen LogP contribution is 2.33. The summed E-state index contributed by atoms with van der Waals surface area (Å²) in [5.41, 5.74) is 8.86. The van der Waals surface area contributed by atoms with Crippen LogP contribution in [0, 0.1) is 5.92 Å². The topological polar surface area (TPSA) is 46.3 Å². The second kappa shape index (κ2) is 4.63. The summed E-state index contributed by atoms with van der Waals surface area (Å²) in [5, 5.41) is 0. The lowest BCUT2D eigenvalue weighted by molar-refractivity contribution is -0.119. The molecule has 1 aliphatic carbocycles. The number of anilines is 2. The van der Waals surface area contributed by atoms with Crippen molar-refractivity contribution in [3.63, 3.8) is 0 Å². The zero-order chi connectivity index (χ0) is 12.5. The summed E-state index contributed by atoms with van der Waals surface area (Å²) in [6, 6.07) is 5.91. The van der Waals surface area contributed by atoms with Gasteiger partial charge < -0.3 is 10.6 Å². The number of carbonyl (C=O) groups is 1. The fraction of sp³-hybridized carbons (Fsp3) is 0.533. The van der Waals surface area contributed by atoms with E-state index in [0.717, 1.165) is 24.3 Å². The molecule has 1 fully saturated rings. The number of nitrogens with zero attached hydrogens (tertiary/aromatic N) is 1. The van der Waals surface area contributed by atoms with Gasteiger partial charge in [0.05, 0.1) is 0 Å². The Morgan fingerprint density at radius 2 is 2.11 bits per heavy atom. The molecule has 96 valence electrons. The Hall–Kier alpha value is -1.51. The quantitative estimate of drug-likeness (QED) is 0.813. The number of fused-ring (bicyclic) bond motifs is 1. The molecule has 0 unspecified atom stereocenters. The Morgan fingerprint density at radius 3 is 2.89 bits per heavy atom. The van der Waals surface area contributed by atoms with E-state index < -0.39 is 0 Å². The average molecular weight is 244 g/mol. The van der Waals surface area contributed by atoms with Crippen molar-refractivity contribution in [1.82, 2.24) is 0 Å². The molecule has 1 aliphatic heterocycles. The zero-order valence-electron chi connectivity index (χ0n) is 10.7. The first-order valence-electron chi connectivity index (χ1n) is 6.93. The maximum absolute atomic E-state index is 12.4. The van der Waals surface area contributed by atoms with Gasteiger partial charge in [-0.2, -0.15) is 0 Å². The maximum atomic E-state index is 12.4. The number of rotatable bonds is 2. The minimum absolute atomic E-state index is 0.284. The smallest absolute Gasteiger partial charge is 0.227 e. The molecule has 3 nitrogen and oxygen atoms in total. The first-order chi connectivity index (χ1) is 8.74. The van der Waals surface area contributed by atoms with E-state index in [9.17, 15) is 4.79 Å². The highest BCUT2D eigenvalue weighted by atomic mass is 16.2. The summed E-state index contributed by atoms with van der Waals surface area (Å²) >= 11 is 0. The van der Waals surface area contributed by atoms with Gasteiger partial charge in [-0.25, -0.2) is 0 Å². The Morgan fingerprint density at radius 1 is 1.33 bits per heavy atom. The van der Waals surface area contributed by atoms with Crippen LogP contribution >= 0.6 is 0 Å². The van der Waals surface area contributed by atoms with Crippen molar-refractivity contribution in [3.8, 4) is 0 Å². The van der Waals surface area contributed by atoms with Gasteiger partial charge in [-0.1, -0.05) is 18.9 Å². The molecule has 3 rings (SSSR count). The molecule has 1 saturated carbocycles. The molecule has 1 aromatic carbocycles. The summed E-state index contributed by atoms with van der Waals surface area (Å²) in [7, 11) is 0. The molecule has 0 bridgehead atoms. The third-order valence-corrected chi connectivity index (χ3v) is 4.24. The predicted molar refractivity (Wildman–Crippen MR) is 73.5 cm³/mol. The van der Waals surface area contributed by atoms with Crippen LogP contribution in [0.15, 0.2) is 18.2 Å². The van der Waals surface area contributed by atoms with Gasteiger partial charge in [0.25, 0.3) is 0 Å².